The minimum absolute atomic E-state index is 0.0874. The molecule has 3 aromatic carbocycles. The second kappa shape index (κ2) is 13.6. The zero-order valence-corrected chi connectivity index (χ0v) is 26.6. The van der Waals surface area contributed by atoms with Crippen molar-refractivity contribution in [2.24, 2.45) is 4.99 Å². The van der Waals surface area contributed by atoms with Gasteiger partial charge in [-0.1, -0.05) is 30.3 Å². The quantitative estimate of drug-likeness (QED) is 0.274. The lowest BCUT2D eigenvalue weighted by Crippen LogP contribution is -2.46. The van der Waals surface area contributed by atoms with Crippen LogP contribution in [0.5, 0.6) is 11.5 Å². The van der Waals surface area contributed by atoms with Crippen LogP contribution in [-0.2, 0) is 4.74 Å². The van der Waals surface area contributed by atoms with E-state index in [9.17, 15) is 9.59 Å². The number of likely N-dealkylation sites (N-methyl/N-ethyl adjacent to an activating group) is 1. The predicted molar refractivity (Wildman–Crippen MR) is 172 cm³/mol. The first-order valence-electron chi connectivity index (χ1n) is 15.5. The highest BCUT2D eigenvalue weighted by Gasteiger charge is 2.36. The van der Waals surface area contributed by atoms with Crippen LogP contribution in [-0.4, -0.2) is 86.0 Å². The van der Waals surface area contributed by atoms with Gasteiger partial charge in [-0.25, -0.2) is 4.79 Å². The average molecular weight is 598 g/mol. The van der Waals surface area contributed by atoms with Crippen molar-refractivity contribution in [3.8, 4) is 11.5 Å². The molecule has 8 heteroatoms. The summed E-state index contributed by atoms with van der Waals surface area (Å²) in [6.07, 6.45) is 0.979. The molecule has 5 rings (SSSR count). The normalized spacial score (nSPS) is 18.5. The van der Waals surface area contributed by atoms with E-state index in [1.807, 2.05) is 64.1 Å². The first-order valence-corrected chi connectivity index (χ1v) is 15.5. The van der Waals surface area contributed by atoms with Crippen LogP contribution in [0.2, 0.25) is 0 Å². The summed E-state index contributed by atoms with van der Waals surface area (Å²) in [5.41, 5.74) is 5.18. The molecule has 3 aromatic rings. The van der Waals surface area contributed by atoms with Gasteiger partial charge in [0, 0.05) is 35.2 Å². The van der Waals surface area contributed by atoms with Crippen molar-refractivity contribution in [2.45, 2.75) is 58.2 Å². The number of rotatable bonds is 10. The number of aliphatic imine (C=N–C) groups is 1. The molecule has 2 heterocycles. The number of likely N-dealkylation sites (tertiary alicyclic amines) is 1. The Labute approximate surface area is 260 Å². The molecule has 0 bridgehead atoms. The minimum atomic E-state index is -0.400. The largest absolute Gasteiger partial charge is 0.493 e. The van der Waals surface area contributed by atoms with E-state index in [-0.39, 0.29) is 36.6 Å². The van der Waals surface area contributed by atoms with E-state index in [0.717, 1.165) is 42.1 Å². The third-order valence-electron chi connectivity index (χ3n) is 8.50. The number of hydrogen-bond donors (Lipinski definition) is 0. The summed E-state index contributed by atoms with van der Waals surface area (Å²) in [5.74, 6) is 1.20. The van der Waals surface area contributed by atoms with Crippen LogP contribution in [0, 0.1) is 0 Å². The van der Waals surface area contributed by atoms with E-state index >= 15 is 0 Å². The van der Waals surface area contributed by atoms with Gasteiger partial charge in [-0.3, -0.25) is 9.79 Å². The van der Waals surface area contributed by atoms with Crippen LogP contribution in [0.15, 0.2) is 71.7 Å². The predicted octanol–water partition coefficient (Wildman–Crippen LogP) is 5.83. The summed E-state index contributed by atoms with van der Waals surface area (Å²) < 4.78 is 17.2. The molecule has 8 nitrogen and oxygen atoms in total. The zero-order chi connectivity index (χ0) is 31.4. The number of amides is 1. The first kappa shape index (κ1) is 31.3. The SMILES string of the molecule is CCOc1cc2c(cc1OC)C(c1ccc(C(=O)N(C(C)C)[C@@H](C)COC(=O)c3ccccc3)cc1)=N[C@@H]1CCN(C)C[C@H]21. The van der Waals surface area contributed by atoms with Gasteiger partial charge in [0.2, 0.25) is 0 Å². The van der Waals surface area contributed by atoms with Crippen molar-refractivity contribution in [1.29, 1.82) is 0 Å². The molecule has 1 saturated heterocycles. The van der Waals surface area contributed by atoms with E-state index in [1.54, 1.807) is 36.3 Å². The zero-order valence-electron chi connectivity index (χ0n) is 26.6. The van der Waals surface area contributed by atoms with Gasteiger partial charge in [0.05, 0.1) is 37.1 Å². The standard InChI is InChI=1S/C36H43N3O5/c1-7-43-33-19-28-29(20-32(33)42-6)34(37-31-17-18-38(5)21-30(28)31)25-13-15-26(16-14-25)35(40)39(23(2)3)24(4)22-44-36(41)27-11-9-8-10-12-27/h8-16,19-20,23-24,30-31H,7,17-18,21-22H2,1-6H3/t24-,30+,31+/m0/s1. The summed E-state index contributed by atoms with van der Waals surface area (Å²) in [7, 11) is 3.82. The van der Waals surface area contributed by atoms with Gasteiger partial charge >= 0.3 is 5.97 Å². The van der Waals surface area contributed by atoms with Crippen molar-refractivity contribution < 1.29 is 23.8 Å². The summed E-state index contributed by atoms with van der Waals surface area (Å²) >= 11 is 0. The van der Waals surface area contributed by atoms with Crippen molar-refractivity contribution in [3.63, 3.8) is 0 Å². The van der Waals surface area contributed by atoms with Crippen LogP contribution in [0.1, 0.15) is 77.4 Å². The molecule has 44 heavy (non-hydrogen) atoms. The van der Waals surface area contributed by atoms with E-state index in [0.29, 0.717) is 23.5 Å². The van der Waals surface area contributed by atoms with E-state index in [4.69, 9.17) is 19.2 Å². The van der Waals surface area contributed by atoms with Crippen LogP contribution < -0.4 is 9.47 Å². The van der Waals surface area contributed by atoms with E-state index in [1.165, 1.54) is 5.56 Å². The number of carbonyl (C=O) groups excluding carboxylic acids is 2. The Morgan fingerprint density at radius 1 is 1.00 bits per heavy atom. The maximum absolute atomic E-state index is 13.7. The van der Waals surface area contributed by atoms with Gasteiger partial charge in [0.25, 0.3) is 5.91 Å². The fourth-order valence-electron chi connectivity index (χ4n) is 6.34. The summed E-state index contributed by atoms with van der Waals surface area (Å²) in [4.78, 5) is 35.7. The van der Waals surface area contributed by atoms with Gasteiger partial charge in [-0.15, -0.1) is 0 Å². The monoisotopic (exact) mass is 597 g/mol. The lowest BCUT2D eigenvalue weighted by Gasteiger charge is -2.39. The van der Waals surface area contributed by atoms with Gasteiger partial charge in [-0.2, -0.15) is 0 Å². The van der Waals surface area contributed by atoms with Crippen LogP contribution in [0.25, 0.3) is 0 Å². The molecule has 1 amide bonds. The number of ether oxygens (including phenoxy) is 3. The molecule has 0 saturated carbocycles. The second-order valence-electron chi connectivity index (χ2n) is 11.9. The van der Waals surface area contributed by atoms with Crippen LogP contribution in [0.4, 0.5) is 0 Å². The highest BCUT2D eigenvalue weighted by atomic mass is 16.5. The number of methoxy groups -OCH3 is 1. The second-order valence-corrected chi connectivity index (χ2v) is 11.9. The van der Waals surface area contributed by atoms with Crippen molar-refractivity contribution in [3.05, 3.63) is 94.5 Å². The molecule has 2 aliphatic heterocycles. The molecule has 2 aliphatic rings. The summed E-state index contributed by atoms with van der Waals surface area (Å²) in [6, 6.07) is 20.5. The molecule has 0 N–H and O–H groups in total. The Kier molecular flexibility index (Phi) is 9.69. The van der Waals surface area contributed by atoms with Gasteiger partial charge in [-0.05, 0) is 89.7 Å². The molecular formula is C36H43N3O5. The Morgan fingerprint density at radius 2 is 1.73 bits per heavy atom. The number of nitrogens with zero attached hydrogens (tertiary/aromatic N) is 3. The minimum Gasteiger partial charge on any atom is -0.493 e. The number of benzene rings is 3. The molecule has 0 aromatic heterocycles. The maximum Gasteiger partial charge on any atom is 0.338 e. The Morgan fingerprint density at radius 3 is 2.39 bits per heavy atom. The Hall–Kier alpha value is -4.17. The number of carbonyl (C=O) groups is 2. The third-order valence-corrected chi connectivity index (χ3v) is 8.50. The Balaban J connectivity index is 1.39. The van der Waals surface area contributed by atoms with Crippen molar-refractivity contribution >= 4 is 17.6 Å². The molecule has 0 radical (unpaired) electrons. The molecule has 0 aliphatic carbocycles. The molecule has 0 unspecified atom stereocenters. The smallest absolute Gasteiger partial charge is 0.338 e. The van der Waals surface area contributed by atoms with Crippen LogP contribution in [0.3, 0.4) is 0 Å². The number of fused-ring (bicyclic) bond motifs is 3. The molecular weight excluding hydrogens is 554 g/mol. The van der Waals surface area contributed by atoms with Gasteiger partial charge in [0.1, 0.15) is 6.61 Å². The first-order chi connectivity index (χ1) is 21.2. The van der Waals surface area contributed by atoms with Gasteiger partial charge in [0.15, 0.2) is 11.5 Å². The van der Waals surface area contributed by atoms with Crippen molar-refractivity contribution in [2.75, 3.05) is 40.5 Å². The topological polar surface area (TPSA) is 80.7 Å². The van der Waals surface area contributed by atoms with Gasteiger partial charge < -0.3 is 24.0 Å². The van der Waals surface area contributed by atoms with Crippen molar-refractivity contribution in [1.82, 2.24) is 9.80 Å². The summed E-state index contributed by atoms with van der Waals surface area (Å²) in [6.45, 7) is 10.4. The van der Waals surface area contributed by atoms with E-state index < -0.39 is 5.97 Å². The molecule has 0 spiro atoms. The lowest BCUT2D eigenvalue weighted by atomic mass is 9.79. The highest BCUT2D eigenvalue weighted by Crippen LogP contribution is 2.42. The lowest BCUT2D eigenvalue weighted by molar-refractivity contribution is 0.0293. The number of piperidine rings is 1. The highest BCUT2D eigenvalue weighted by molar-refractivity contribution is 6.15. The summed E-state index contributed by atoms with van der Waals surface area (Å²) in [5, 5.41) is 0. The molecule has 1 fully saturated rings. The maximum atomic E-state index is 13.7. The third kappa shape index (κ3) is 6.50. The number of hydrogen-bond acceptors (Lipinski definition) is 7. The average Bonchev–Trinajstić information content (AvgIpc) is 3.03. The molecule has 3 atom stereocenters. The Bertz CT molecular complexity index is 1500. The van der Waals surface area contributed by atoms with E-state index in [2.05, 4.69) is 18.0 Å². The fourth-order valence-corrected chi connectivity index (χ4v) is 6.34. The molecule has 232 valence electrons. The van der Waals surface area contributed by atoms with Crippen LogP contribution >= 0.6 is 0 Å². The number of esters is 1. The fraction of sp³-hybridized carbons (Fsp3) is 0.417.